The standard InChI is InChI=1S/C16H9Cl3FN/c17-8-14-16(19)15(10-3-1-2-4-12(10)20)11-7-9(18)5-6-13(11)21-14/h1-7H,8H2. The molecule has 0 radical (unpaired) electrons. The normalized spacial score (nSPS) is 11.0. The van der Waals surface area contributed by atoms with Crippen LogP contribution in [0, 0.1) is 5.82 Å². The molecule has 0 amide bonds. The zero-order chi connectivity index (χ0) is 15.0. The molecule has 1 nitrogen and oxygen atoms in total. The van der Waals surface area contributed by atoms with Crippen LogP contribution in [0.1, 0.15) is 5.69 Å². The Bertz CT molecular complexity index is 833. The fourth-order valence-electron chi connectivity index (χ4n) is 2.28. The van der Waals surface area contributed by atoms with Crippen LogP contribution in [-0.4, -0.2) is 4.98 Å². The second kappa shape index (κ2) is 5.80. The highest BCUT2D eigenvalue weighted by Crippen LogP contribution is 2.38. The monoisotopic (exact) mass is 339 g/mol. The van der Waals surface area contributed by atoms with Gasteiger partial charge in [0, 0.05) is 21.5 Å². The van der Waals surface area contributed by atoms with E-state index in [0.29, 0.717) is 37.8 Å². The number of halogens is 4. The first-order valence-electron chi connectivity index (χ1n) is 6.20. The van der Waals surface area contributed by atoms with Crippen molar-refractivity contribution < 1.29 is 4.39 Å². The average Bonchev–Trinajstić information content (AvgIpc) is 2.48. The van der Waals surface area contributed by atoms with Crippen LogP contribution in [0.25, 0.3) is 22.0 Å². The predicted molar refractivity (Wildman–Crippen MR) is 86.7 cm³/mol. The van der Waals surface area contributed by atoms with Gasteiger partial charge in [0.2, 0.25) is 0 Å². The van der Waals surface area contributed by atoms with Gasteiger partial charge in [0.15, 0.2) is 0 Å². The van der Waals surface area contributed by atoms with E-state index >= 15 is 0 Å². The summed E-state index contributed by atoms with van der Waals surface area (Å²) in [7, 11) is 0. The van der Waals surface area contributed by atoms with Gasteiger partial charge in [-0.1, -0.05) is 41.4 Å². The highest BCUT2D eigenvalue weighted by molar-refractivity contribution is 6.37. The lowest BCUT2D eigenvalue weighted by molar-refractivity contribution is 0.631. The molecule has 106 valence electrons. The third-order valence-electron chi connectivity index (χ3n) is 3.23. The predicted octanol–water partition coefficient (Wildman–Crippen LogP) is 6.09. The van der Waals surface area contributed by atoms with Crippen molar-refractivity contribution in [3.63, 3.8) is 0 Å². The molecule has 0 bridgehead atoms. The summed E-state index contributed by atoms with van der Waals surface area (Å²) in [6, 6.07) is 11.7. The topological polar surface area (TPSA) is 12.9 Å². The number of benzene rings is 2. The Morgan fingerprint density at radius 2 is 1.81 bits per heavy atom. The molecule has 0 atom stereocenters. The van der Waals surface area contributed by atoms with Gasteiger partial charge in [-0.3, -0.25) is 0 Å². The molecular weight excluding hydrogens is 332 g/mol. The van der Waals surface area contributed by atoms with Gasteiger partial charge in [0.25, 0.3) is 0 Å². The molecule has 2 aromatic carbocycles. The number of pyridine rings is 1. The quantitative estimate of drug-likeness (QED) is 0.515. The largest absolute Gasteiger partial charge is 0.250 e. The van der Waals surface area contributed by atoms with Crippen molar-refractivity contribution in [3.05, 3.63) is 64.0 Å². The van der Waals surface area contributed by atoms with E-state index in [1.807, 2.05) is 0 Å². The summed E-state index contributed by atoms with van der Waals surface area (Å²) in [5.41, 5.74) is 2.17. The average molecular weight is 341 g/mol. The minimum absolute atomic E-state index is 0.152. The zero-order valence-corrected chi connectivity index (χ0v) is 13.0. The summed E-state index contributed by atoms with van der Waals surface area (Å²) in [6.07, 6.45) is 0. The van der Waals surface area contributed by atoms with Gasteiger partial charge in [-0.2, -0.15) is 0 Å². The fraction of sp³-hybridized carbons (Fsp3) is 0.0625. The maximum Gasteiger partial charge on any atom is 0.131 e. The summed E-state index contributed by atoms with van der Waals surface area (Å²) in [4.78, 5) is 4.41. The molecule has 3 aromatic rings. The Kier molecular flexibility index (Phi) is 4.03. The smallest absolute Gasteiger partial charge is 0.131 e. The Hall–Kier alpha value is -1.35. The van der Waals surface area contributed by atoms with E-state index in [1.54, 1.807) is 36.4 Å². The summed E-state index contributed by atoms with van der Waals surface area (Å²) >= 11 is 18.3. The van der Waals surface area contributed by atoms with E-state index in [-0.39, 0.29) is 11.7 Å². The van der Waals surface area contributed by atoms with Crippen LogP contribution in [0.4, 0.5) is 4.39 Å². The summed E-state index contributed by atoms with van der Waals surface area (Å²) in [6.45, 7) is 0. The lowest BCUT2D eigenvalue weighted by Gasteiger charge is -2.13. The first kappa shape index (κ1) is 14.6. The van der Waals surface area contributed by atoms with Crippen molar-refractivity contribution in [2.24, 2.45) is 0 Å². The maximum absolute atomic E-state index is 14.2. The molecular formula is C16H9Cl3FN. The molecule has 0 fully saturated rings. The number of fused-ring (bicyclic) bond motifs is 1. The molecule has 0 aliphatic carbocycles. The minimum atomic E-state index is -0.354. The van der Waals surface area contributed by atoms with E-state index in [2.05, 4.69) is 4.98 Å². The lowest BCUT2D eigenvalue weighted by Crippen LogP contribution is -1.95. The third kappa shape index (κ3) is 2.59. The number of hydrogen-bond donors (Lipinski definition) is 0. The van der Waals surface area contributed by atoms with Gasteiger partial charge < -0.3 is 0 Å². The van der Waals surface area contributed by atoms with Crippen LogP contribution >= 0.6 is 34.8 Å². The van der Waals surface area contributed by atoms with Crippen molar-refractivity contribution in [3.8, 4) is 11.1 Å². The Balaban J connectivity index is 2.46. The van der Waals surface area contributed by atoms with Gasteiger partial charge >= 0.3 is 0 Å². The van der Waals surface area contributed by atoms with Crippen LogP contribution in [0.3, 0.4) is 0 Å². The van der Waals surface area contributed by atoms with Crippen molar-refractivity contribution in [1.29, 1.82) is 0 Å². The Morgan fingerprint density at radius 3 is 2.52 bits per heavy atom. The molecule has 0 N–H and O–H groups in total. The lowest BCUT2D eigenvalue weighted by atomic mass is 9.99. The number of hydrogen-bond acceptors (Lipinski definition) is 1. The molecule has 0 unspecified atom stereocenters. The molecule has 0 saturated carbocycles. The Morgan fingerprint density at radius 1 is 1.05 bits per heavy atom. The van der Waals surface area contributed by atoms with Crippen molar-refractivity contribution in [1.82, 2.24) is 4.98 Å². The zero-order valence-electron chi connectivity index (χ0n) is 10.7. The summed E-state index contributed by atoms with van der Waals surface area (Å²) in [5.74, 6) is -0.203. The number of aromatic nitrogens is 1. The molecule has 3 rings (SSSR count). The van der Waals surface area contributed by atoms with Gasteiger partial charge in [-0.15, -0.1) is 11.6 Å². The van der Waals surface area contributed by atoms with Crippen molar-refractivity contribution >= 4 is 45.7 Å². The van der Waals surface area contributed by atoms with Crippen LogP contribution in [0.5, 0.6) is 0 Å². The molecule has 1 heterocycles. The van der Waals surface area contributed by atoms with Crippen LogP contribution in [-0.2, 0) is 5.88 Å². The SMILES string of the molecule is Fc1ccccc1-c1c(Cl)c(CCl)nc2ccc(Cl)cc12. The highest BCUT2D eigenvalue weighted by atomic mass is 35.5. The molecule has 21 heavy (non-hydrogen) atoms. The van der Waals surface area contributed by atoms with E-state index in [4.69, 9.17) is 34.8 Å². The minimum Gasteiger partial charge on any atom is -0.250 e. The van der Waals surface area contributed by atoms with Gasteiger partial charge in [0.1, 0.15) is 5.82 Å². The van der Waals surface area contributed by atoms with Crippen LogP contribution in [0.15, 0.2) is 42.5 Å². The van der Waals surface area contributed by atoms with Gasteiger partial charge in [0.05, 0.1) is 22.1 Å². The molecule has 1 aromatic heterocycles. The number of nitrogens with zero attached hydrogens (tertiary/aromatic N) is 1. The second-order valence-electron chi connectivity index (χ2n) is 4.52. The van der Waals surface area contributed by atoms with Crippen LogP contribution < -0.4 is 0 Å². The second-order valence-corrected chi connectivity index (χ2v) is 5.60. The molecule has 0 aliphatic rings. The molecule has 0 saturated heterocycles. The van der Waals surface area contributed by atoms with Gasteiger partial charge in [-0.25, -0.2) is 9.37 Å². The molecule has 0 spiro atoms. The number of rotatable bonds is 2. The highest BCUT2D eigenvalue weighted by Gasteiger charge is 2.17. The maximum atomic E-state index is 14.2. The van der Waals surface area contributed by atoms with Crippen molar-refractivity contribution in [2.45, 2.75) is 5.88 Å². The van der Waals surface area contributed by atoms with Crippen molar-refractivity contribution in [2.75, 3.05) is 0 Å². The van der Waals surface area contributed by atoms with E-state index in [0.717, 1.165) is 0 Å². The molecule has 0 aliphatic heterocycles. The summed E-state index contributed by atoms with van der Waals surface area (Å²) in [5, 5.41) is 1.59. The number of alkyl halides is 1. The van der Waals surface area contributed by atoms with Gasteiger partial charge in [-0.05, 0) is 24.3 Å². The van der Waals surface area contributed by atoms with E-state index < -0.39 is 0 Å². The fourth-order valence-corrected chi connectivity index (χ4v) is 3.03. The van der Waals surface area contributed by atoms with E-state index in [9.17, 15) is 4.39 Å². The first-order valence-corrected chi connectivity index (χ1v) is 7.49. The van der Waals surface area contributed by atoms with E-state index in [1.165, 1.54) is 6.07 Å². The first-order chi connectivity index (χ1) is 10.1. The summed E-state index contributed by atoms with van der Waals surface area (Å²) < 4.78 is 14.2. The Labute approximate surface area is 136 Å². The third-order valence-corrected chi connectivity index (χ3v) is 4.12. The molecule has 5 heteroatoms. The van der Waals surface area contributed by atoms with Crippen LogP contribution in [0.2, 0.25) is 10.0 Å².